The Labute approximate surface area is 172 Å². The number of carbonyl (C=O) groups excluding carboxylic acids is 2. The van der Waals surface area contributed by atoms with E-state index in [1.54, 1.807) is 6.07 Å². The molecule has 146 valence electrons. The Morgan fingerprint density at radius 2 is 1.89 bits per heavy atom. The van der Waals surface area contributed by atoms with Crippen molar-refractivity contribution in [1.82, 2.24) is 10.3 Å². The van der Waals surface area contributed by atoms with Crippen LogP contribution in [-0.4, -0.2) is 22.8 Å². The van der Waals surface area contributed by atoms with Crippen LogP contribution < -0.4 is 10.6 Å². The molecule has 0 radical (unpaired) electrons. The van der Waals surface area contributed by atoms with E-state index in [9.17, 15) is 9.59 Å². The minimum absolute atomic E-state index is 0.0531. The third-order valence-corrected chi connectivity index (χ3v) is 6.00. The van der Waals surface area contributed by atoms with Crippen molar-refractivity contribution in [1.29, 1.82) is 0 Å². The van der Waals surface area contributed by atoms with Crippen LogP contribution in [0, 0.1) is 19.8 Å². The number of nitrogens with one attached hydrogen (secondary N) is 2. The van der Waals surface area contributed by atoms with Gasteiger partial charge >= 0.3 is 0 Å². The molecular formula is C21H23N3O2S2. The molecule has 0 fully saturated rings. The highest BCUT2D eigenvalue weighted by Crippen LogP contribution is 2.28. The molecule has 0 saturated heterocycles. The zero-order chi connectivity index (χ0) is 20.3. The third kappa shape index (κ3) is 4.66. The van der Waals surface area contributed by atoms with Crippen LogP contribution >= 0.6 is 22.7 Å². The van der Waals surface area contributed by atoms with Crippen LogP contribution in [0.1, 0.15) is 34.6 Å². The Morgan fingerprint density at radius 1 is 1.11 bits per heavy atom. The summed E-state index contributed by atoms with van der Waals surface area (Å²) in [4.78, 5) is 30.2. The maximum absolute atomic E-state index is 12.8. The first-order valence-corrected chi connectivity index (χ1v) is 10.8. The Morgan fingerprint density at radius 3 is 2.54 bits per heavy atom. The predicted octanol–water partition coefficient (Wildman–Crippen LogP) is 4.88. The summed E-state index contributed by atoms with van der Waals surface area (Å²) in [5.41, 5.74) is 4.23. The molecule has 1 aromatic carbocycles. The molecule has 1 atom stereocenters. The monoisotopic (exact) mass is 413 g/mol. The van der Waals surface area contributed by atoms with Crippen LogP contribution in [0.2, 0.25) is 0 Å². The molecule has 0 aliphatic heterocycles. The fraction of sp³-hybridized carbons (Fsp3) is 0.286. The molecule has 1 unspecified atom stereocenters. The second kappa shape index (κ2) is 8.67. The summed E-state index contributed by atoms with van der Waals surface area (Å²) in [5.74, 6) is -0.553. The molecular weight excluding hydrogens is 390 g/mol. The minimum atomic E-state index is -0.636. The van der Waals surface area contributed by atoms with E-state index >= 15 is 0 Å². The van der Waals surface area contributed by atoms with Gasteiger partial charge in [-0.05, 0) is 36.8 Å². The van der Waals surface area contributed by atoms with Gasteiger partial charge in [-0.25, -0.2) is 4.98 Å². The molecule has 3 rings (SSSR count). The summed E-state index contributed by atoms with van der Waals surface area (Å²) in [5, 5.41) is 9.97. The SMILES string of the molecule is Cc1ccc(-c2csc(NC(=O)C(NC(=O)c3cccs3)C(C)C)n2)c(C)c1. The second-order valence-electron chi connectivity index (χ2n) is 7.02. The topological polar surface area (TPSA) is 71.1 Å². The van der Waals surface area contributed by atoms with Crippen molar-refractivity contribution in [2.45, 2.75) is 33.7 Å². The van der Waals surface area contributed by atoms with Crippen LogP contribution in [0.3, 0.4) is 0 Å². The highest BCUT2D eigenvalue weighted by molar-refractivity contribution is 7.14. The summed E-state index contributed by atoms with van der Waals surface area (Å²) in [6.07, 6.45) is 0. The van der Waals surface area contributed by atoms with Gasteiger partial charge in [0.15, 0.2) is 5.13 Å². The standard InChI is InChI=1S/C21H23N3O2S2/c1-12(2)18(23-19(25)17-6-5-9-27-17)20(26)24-21-22-16(11-28-21)15-8-7-13(3)10-14(15)4/h5-12,18H,1-4H3,(H,23,25)(H,22,24,26). The van der Waals surface area contributed by atoms with Gasteiger partial charge in [0, 0.05) is 10.9 Å². The number of amides is 2. The summed E-state index contributed by atoms with van der Waals surface area (Å²) >= 11 is 2.73. The molecule has 7 heteroatoms. The Bertz CT molecular complexity index is 977. The average molecular weight is 414 g/mol. The number of aryl methyl sites for hydroxylation is 2. The molecule has 2 aromatic heterocycles. The van der Waals surface area contributed by atoms with E-state index < -0.39 is 6.04 Å². The van der Waals surface area contributed by atoms with Gasteiger partial charge in [0.25, 0.3) is 5.91 Å². The Balaban J connectivity index is 1.72. The second-order valence-corrected chi connectivity index (χ2v) is 8.82. The van der Waals surface area contributed by atoms with E-state index in [1.807, 2.05) is 36.7 Å². The number of hydrogen-bond acceptors (Lipinski definition) is 5. The molecule has 0 aliphatic carbocycles. The van der Waals surface area contributed by atoms with Crippen molar-refractivity contribution in [3.05, 3.63) is 57.1 Å². The van der Waals surface area contributed by atoms with Gasteiger partial charge in [0.05, 0.1) is 10.6 Å². The predicted molar refractivity (Wildman–Crippen MR) is 116 cm³/mol. The summed E-state index contributed by atoms with van der Waals surface area (Å²) < 4.78 is 0. The molecule has 0 aliphatic rings. The number of aromatic nitrogens is 1. The minimum Gasteiger partial charge on any atom is -0.339 e. The van der Waals surface area contributed by atoms with E-state index in [-0.39, 0.29) is 17.7 Å². The van der Waals surface area contributed by atoms with Crippen LogP contribution in [0.15, 0.2) is 41.1 Å². The normalized spacial score (nSPS) is 12.0. The van der Waals surface area contributed by atoms with Crippen LogP contribution in [-0.2, 0) is 4.79 Å². The fourth-order valence-electron chi connectivity index (χ4n) is 2.89. The number of carbonyl (C=O) groups is 2. The molecule has 28 heavy (non-hydrogen) atoms. The summed E-state index contributed by atoms with van der Waals surface area (Å²) in [7, 11) is 0. The first-order chi connectivity index (χ1) is 13.3. The number of anilines is 1. The quantitative estimate of drug-likeness (QED) is 0.605. The largest absolute Gasteiger partial charge is 0.339 e. The van der Waals surface area contributed by atoms with Gasteiger partial charge in [-0.3, -0.25) is 9.59 Å². The number of rotatable bonds is 6. The zero-order valence-electron chi connectivity index (χ0n) is 16.3. The molecule has 5 nitrogen and oxygen atoms in total. The number of thiophene rings is 1. The van der Waals surface area contributed by atoms with E-state index in [0.717, 1.165) is 16.8 Å². The van der Waals surface area contributed by atoms with Gasteiger partial charge in [-0.15, -0.1) is 22.7 Å². The van der Waals surface area contributed by atoms with Crippen molar-refractivity contribution < 1.29 is 9.59 Å². The number of nitrogens with zero attached hydrogens (tertiary/aromatic N) is 1. The van der Waals surface area contributed by atoms with Gasteiger partial charge < -0.3 is 10.6 Å². The van der Waals surface area contributed by atoms with E-state index in [1.165, 1.54) is 28.2 Å². The lowest BCUT2D eigenvalue weighted by Crippen LogP contribution is -2.46. The first-order valence-electron chi connectivity index (χ1n) is 9.03. The Hall–Kier alpha value is -2.51. The lowest BCUT2D eigenvalue weighted by Gasteiger charge is -2.20. The summed E-state index contributed by atoms with van der Waals surface area (Å²) in [6.45, 7) is 7.92. The van der Waals surface area contributed by atoms with Gasteiger partial charge in [-0.2, -0.15) is 0 Å². The van der Waals surface area contributed by atoms with E-state index in [4.69, 9.17) is 0 Å². The van der Waals surface area contributed by atoms with Crippen molar-refractivity contribution in [3.8, 4) is 11.3 Å². The molecule has 2 N–H and O–H groups in total. The smallest absolute Gasteiger partial charge is 0.262 e. The number of thiazole rings is 1. The van der Waals surface area contributed by atoms with E-state index in [2.05, 4.69) is 41.6 Å². The Kier molecular flexibility index (Phi) is 6.26. The average Bonchev–Trinajstić information content (AvgIpc) is 3.31. The molecule has 2 heterocycles. The van der Waals surface area contributed by atoms with Gasteiger partial charge in [-0.1, -0.05) is 43.7 Å². The lowest BCUT2D eigenvalue weighted by molar-refractivity contribution is -0.118. The zero-order valence-corrected chi connectivity index (χ0v) is 17.9. The fourth-order valence-corrected chi connectivity index (χ4v) is 4.23. The summed E-state index contributed by atoms with van der Waals surface area (Å²) in [6, 6.07) is 9.13. The van der Waals surface area contributed by atoms with Crippen molar-refractivity contribution in [2.24, 2.45) is 5.92 Å². The lowest BCUT2D eigenvalue weighted by atomic mass is 10.0. The van der Waals surface area contributed by atoms with Gasteiger partial charge in [0.2, 0.25) is 5.91 Å². The highest BCUT2D eigenvalue weighted by Gasteiger charge is 2.26. The van der Waals surface area contributed by atoms with E-state index in [0.29, 0.717) is 10.0 Å². The van der Waals surface area contributed by atoms with Crippen molar-refractivity contribution >= 4 is 39.6 Å². The number of benzene rings is 1. The molecule has 0 bridgehead atoms. The first kappa shape index (κ1) is 20.2. The molecule has 2 amide bonds. The van der Waals surface area contributed by atoms with Crippen molar-refractivity contribution in [3.63, 3.8) is 0 Å². The van der Waals surface area contributed by atoms with Crippen molar-refractivity contribution in [2.75, 3.05) is 5.32 Å². The van der Waals surface area contributed by atoms with Gasteiger partial charge in [0.1, 0.15) is 6.04 Å². The highest BCUT2D eigenvalue weighted by atomic mass is 32.1. The third-order valence-electron chi connectivity index (χ3n) is 4.37. The molecule has 0 saturated carbocycles. The number of hydrogen-bond donors (Lipinski definition) is 2. The maximum atomic E-state index is 12.8. The maximum Gasteiger partial charge on any atom is 0.262 e. The van der Waals surface area contributed by atoms with Crippen LogP contribution in [0.5, 0.6) is 0 Å². The molecule has 3 aromatic rings. The van der Waals surface area contributed by atoms with Crippen LogP contribution in [0.25, 0.3) is 11.3 Å². The molecule has 0 spiro atoms. The van der Waals surface area contributed by atoms with Crippen LogP contribution in [0.4, 0.5) is 5.13 Å².